The van der Waals surface area contributed by atoms with Gasteiger partial charge in [0.2, 0.25) is 0 Å². The van der Waals surface area contributed by atoms with Crippen molar-refractivity contribution in [1.82, 2.24) is 0 Å². The molecule has 11 heavy (non-hydrogen) atoms. The van der Waals surface area contributed by atoms with Crippen LogP contribution >= 0.6 is 0 Å². The molecular formula is C11H22. The van der Waals surface area contributed by atoms with Gasteiger partial charge >= 0.3 is 0 Å². The molecule has 0 aliphatic carbocycles. The second-order valence-corrected chi connectivity index (χ2v) is 3.89. The second-order valence-electron chi connectivity index (χ2n) is 3.89. The van der Waals surface area contributed by atoms with Gasteiger partial charge in [-0.25, -0.2) is 0 Å². The molecule has 0 N–H and O–H groups in total. The number of allylic oxidation sites excluding steroid dienone is 2. The standard InChI is InChI=1S/C11H22/c1-6-10(4)11(5)8-7-9(2)3/h8-10H,6-7H2,1-5H3/b11-8+. The van der Waals surface area contributed by atoms with Gasteiger partial charge in [0.25, 0.3) is 0 Å². The summed E-state index contributed by atoms with van der Waals surface area (Å²) >= 11 is 0. The zero-order valence-corrected chi connectivity index (χ0v) is 8.65. The maximum Gasteiger partial charge on any atom is -0.0237 e. The number of hydrogen-bond donors (Lipinski definition) is 0. The van der Waals surface area contributed by atoms with E-state index in [4.69, 9.17) is 0 Å². The van der Waals surface area contributed by atoms with Crippen LogP contribution in [0.4, 0.5) is 0 Å². The molecule has 0 spiro atoms. The van der Waals surface area contributed by atoms with E-state index >= 15 is 0 Å². The molecule has 66 valence electrons. The van der Waals surface area contributed by atoms with Crippen molar-refractivity contribution < 1.29 is 0 Å². The van der Waals surface area contributed by atoms with Crippen molar-refractivity contribution in [2.45, 2.75) is 47.5 Å². The Bertz CT molecular complexity index is 120. The van der Waals surface area contributed by atoms with Gasteiger partial charge in [-0.15, -0.1) is 0 Å². The molecule has 0 aliphatic rings. The Balaban J connectivity index is 3.79. The minimum atomic E-state index is 0.772. The Kier molecular flexibility index (Phi) is 5.27. The van der Waals surface area contributed by atoms with Crippen LogP contribution < -0.4 is 0 Å². The Morgan fingerprint density at radius 2 is 1.82 bits per heavy atom. The van der Waals surface area contributed by atoms with Gasteiger partial charge in [0.05, 0.1) is 0 Å². The summed E-state index contributed by atoms with van der Waals surface area (Å²) in [5.41, 5.74) is 1.56. The molecule has 0 amide bonds. The second kappa shape index (κ2) is 5.40. The third-order valence-corrected chi connectivity index (χ3v) is 2.30. The molecule has 0 nitrogen and oxygen atoms in total. The first-order valence-corrected chi connectivity index (χ1v) is 4.74. The van der Waals surface area contributed by atoms with E-state index in [2.05, 4.69) is 40.7 Å². The fourth-order valence-corrected chi connectivity index (χ4v) is 0.945. The van der Waals surface area contributed by atoms with Crippen molar-refractivity contribution in [2.24, 2.45) is 11.8 Å². The van der Waals surface area contributed by atoms with Crippen molar-refractivity contribution in [1.29, 1.82) is 0 Å². The maximum absolute atomic E-state index is 2.39. The zero-order chi connectivity index (χ0) is 8.85. The van der Waals surface area contributed by atoms with E-state index in [9.17, 15) is 0 Å². The van der Waals surface area contributed by atoms with E-state index in [1.165, 1.54) is 12.8 Å². The lowest BCUT2D eigenvalue weighted by atomic mass is 9.97. The molecule has 0 heteroatoms. The molecule has 0 radical (unpaired) electrons. The largest absolute Gasteiger partial charge is 0.0851 e. The van der Waals surface area contributed by atoms with Gasteiger partial charge in [0.1, 0.15) is 0 Å². The molecule has 0 aliphatic heterocycles. The predicted molar refractivity (Wildman–Crippen MR) is 52.7 cm³/mol. The SMILES string of the molecule is CCC(C)/C(C)=C/CC(C)C. The highest BCUT2D eigenvalue weighted by atomic mass is 14.1. The van der Waals surface area contributed by atoms with Crippen molar-refractivity contribution >= 4 is 0 Å². The summed E-state index contributed by atoms with van der Waals surface area (Å²) in [5.74, 6) is 1.57. The third kappa shape index (κ3) is 5.06. The lowest BCUT2D eigenvalue weighted by molar-refractivity contribution is 0.625. The van der Waals surface area contributed by atoms with Crippen LogP contribution in [0.5, 0.6) is 0 Å². The average Bonchev–Trinajstić information content (AvgIpc) is 1.98. The first-order chi connectivity index (χ1) is 5.07. The maximum atomic E-state index is 2.39. The first-order valence-electron chi connectivity index (χ1n) is 4.74. The molecule has 0 aromatic rings. The summed E-state index contributed by atoms with van der Waals surface area (Å²) in [6.07, 6.45) is 4.88. The van der Waals surface area contributed by atoms with Crippen LogP contribution in [0, 0.1) is 11.8 Å². The van der Waals surface area contributed by atoms with E-state index in [1.807, 2.05) is 0 Å². The smallest absolute Gasteiger partial charge is 0.0237 e. The van der Waals surface area contributed by atoms with Crippen LogP contribution in [-0.2, 0) is 0 Å². The molecular weight excluding hydrogens is 132 g/mol. The van der Waals surface area contributed by atoms with Gasteiger partial charge in [0, 0.05) is 0 Å². The van der Waals surface area contributed by atoms with Gasteiger partial charge in [-0.05, 0) is 31.6 Å². The average molecular weight is 154 g/mol. The van der Waals surface area contributed by atoms with Crippen molar-refractivity contribution in [2.75, 3.05) is 0 Å². The highest BCUT2D eigenvalue weighted by Gasteiger charge is 2.00. The number of rotatable bonds is 4. The summed E-state index contributed by atoms with van der Waals surface area (Å²) < 4.78 is 0. The van der Waals surface area contributed by atoms with E-state index in [1.54, 1.807) is 5.57 Å². The lowest BCUT2D eigenvalue weighted by Crippen LogP contribution is -1.94. The normalized spacial score (nSPS) is 15.6. The van der Waals surface area contributed by atoms with Crippen LogP contribution in [0.2, 0.25) is 0 Å². The fraction of sp³-hybridized carbons (Fsp3) is 0.818. The topological polar surface area (TPSA) is 0 Å². The van der Waals surface area contributed by atoms with Gasteiger partial charge in [-0.2, -0.15) is 0 Å². The third-order valence-electron chi connectivity index (χ3n) is 2.30. The highest BCUT2D eigenvalue weighted by Crippen LogP contribution is 2.15. The Labute approximate surface area is 71.7 Å². The fourth-order valence-electron chi connectivity index (χ4n) is 0.945. The predicted octanol–water partition coefficient (Wildman–Crippen LogP) is 4.02. The summed E-state index contributed by atoms with van der Waals surface area (Å²) in [6, 6.07) is 0. The molecule has 0 bridgehead atoms. The quantitative estimate of drug-likeness (QED) is 0.536. The molecule has 0 aromatic carbocycles. The highest BCUT2D eigenvalue weighted by molar-refractivity contribution is 5.01. The molecule has 0 rings (SSSR count). The molecule has 0 aromatic heterocycles. The summed E-state index contributed by atoms with van der Waals surface area (Å²) in [6.45, 7) is 11.3. The molecule has 0 fully saturated rings. The molecule has 0 saturated heterocycles. The van der Waals surface area contributed by atoms with E-state index < -0.39 is 0 Å². The molecule has 1 unspecified atom stereocenters. The van der Waals surface area contributed by atoms with Crippen molar-refractivity contribution in [3.05, 3.63) is 11.6 Å². The van der Waals surface area contributed by atoms with Gasteiger partial charge in [0.15, 0.2) is 0 Å². The molecule has 1 atom stereocenters. The lowest BCUT2D eigenvalue weighted by Gasteiger charge is -2.09. The number of hydrogen-bond acceptors (Lipinski definition) is 0. The molecule has 0 heterocycles. The van der Waals surface area contributed by atoms with Crippen LogP contribution in [0.25, 0.3) is 0 Å². The summed E-state index contributed by atoms with van der Waals surface area (Å²) in [4.78, 5) is 0. The van der Waals surface area contributed by atoms with E-state index in [0.29, 0.717) is 0 Å². The van der Waals surface area contributed by atoms with Crippen LogP contribution in [0.3, 0.4) is 0 Å². The van der Waals surface area contributed by atoms with Gasteiger partial charge in [-0.1, -0.05) is 39.3 Å². The monoisotopic (exact) mass is 154 g/mol. The van der Waals surface area contributed by atoms with Crippen molar-refractivity contribution in [3.8, 4) is 0 Å². The van der Waals surface area contributed by atoms with Crippen LogP contribution in [0.15, 0.2) is 11.6 Å². The Morgan fingerprint density at radius 3 is 2.18 bits per heavy atom. The Morgan fingerprint density at radius 1 is 1.27 bits per heavy atom. The Hall–Kier alpha value is -0.260. The van der Waals surface area contributed by atoms with E-state index in [0.717, 1.165) is 11.8 Å². The van der Waals surface area contributed by atoms with Gasteiger partial charge < -0.3 is 0 Å². The minimum Gasteiger partial charge on any atom is -0.0851 e. The van der Waals surface area contributed by atoms with E-state index in [-0.39, 0.29) is 0 Å². The summed E-state index contributed by atoms with van der Waals surface area (Å²) in [7, 11) is 0. The first kappa shape index (κ1) is 10.7. The van der Waals surface area contributed by atoms with Crippen molar-refractivity contribution in [3.63, 3.8) is 0 Å². The minimum absolute atomic E-state index is 0.772. The van der Waals surface area contributed by atoms with Crippen LogP contribution in [-0.4, -0.2) is 0 Å². The molecule has 0 saturated carbocycles. The zero-order valence-electron chi connectivity index (χ0n) is 8.65. The van der Waals surface area contributed by atoms with Crippen LogP contribution in [0.1, 0.15) is 47.5 Å². The summed E-state index contributed by atoms with van der Waals surface area (Å²) in [5, 5.41) is 0. The van der Waals surface area contributed by atoms with Gasteiger partial charge in [-0.3, -0.25) is 0 Å².